The number of rotatable bonds is 2. The minimum atomic E-state index is -0.0387. The highest BCUT2D eigenvalue weighted by molar-refractivity contribution is 6.30. The first-order valence-corrected chi connectivity index (χ1v) is 5.10. The summed E-state index contributed by atoms with van der Waals surface area (Å²) in [5.41, 5.74) is 7.84. The predicted molar refractivity (Wildman–Crippen MR) is 61.2 cm³/mol. The van der Waals surface area contributed by atoms with Crippen molar-refractivity contribution in [1.82, 2.24) is 9.55 Å². The van der Waals surface area contributed by atoms with Crippen LogP contribution < -0.4 is 5.73 Å². The average molecular weight is 222 g/mol. The maximum absolute atomic E-state index is 5.84. The molecule has 15 heavy (non-hydrogen) atoms. The molecular formula is C11H12ClN3. The summed E-state index contributed by atoms with van der Waals surface area (Å²) in [5, 5.41) is 0.723. The lowest BCUT2D eigenvalue weighted by Gasteiger charge is -2.10. The molecule has 2 N–H and O–H groups in total. The molecule has 1 unspecified atom stereocenters. The van der Waals surface area contributed by atoms with Gasteiger partial charge in [0.2, 0.25) is 0 Å². The summed E-state index contributed by atoms with van der Waals surface area (Å²) >= 11 is 5.83. The lowest BCUT2D eigenvalue weighted by atomic mass is 10.2. The van der Waals surface area contributed by atoms with Crippen LogP contribution in [0.3, 0.4) is 0 Å². The van der Waals surface area contributed by atoms with Crippen molar-refractivity contribution in [3.8, 4) is 5.69 Å². The van der Waals surface area contributed by atoms with Crippen LogP contribution in [0.1, 0.15) is 18.7 Å². The van der Waals surface area contributed by atoms with Crippen molar-refractivity contribution in [2.45, 2.75) is 13.0 Å². The van der Waals surface area contributed by atoms with E-state index in [0.717, 1.165) is 16.4 Å². The van der Waals surface area contributed by atoms with Crippen molar-refractivity contribution in [1.29, 1.82) is 0 Å². The van der Waals surface area contributed by atoms with Gasteiger partial charge in [0.1, 0.15) is 0 Å². The molecule has 4 heteroatoms. The molecular weight excluding hydrogens is 210 g/mol. The minimum Gasteiger partial charge on any atom is -0.323 e. The van der Waals surface area contributed by atoms with E-state index in [9.17, 15) is 0 Å². The molecule has 0 saturated carbocycles. The molecule has 0 aliphatic carbocycles. The zero-order valence-electron chi connectivity index (χ0n) is 8.39. The van der Waals surface area contributed by atoms with Crippen LogP contribution in [-0.2, 0) is 0 Å². The van der Waals surface area contributed by atoms with Gasteiger partial charge < -0.3 is 10.3 Å². The molecule has 0 saturated heterocycles. The van der Waals surface area contributed by atoms with Crippen molar-refractivity contribution in [2.24, 2.45) is 5.73 Å². The van der Waals surface area contributed by atoms with Crippen LogP contribution in [0, 0.1) is 0 Å². The molecule has 0 bridgehead atoms. The minimum absolute atomic E-state index is 0.0387. The van der Waals surface area contributed by atoms with E-state index in [1.54, 1.807) is 12.5 Å². The molecule has 0 fully saturated rings. The van der Waals surface area contributed by atoms with Crippen molar-refractivity contribution in [3.63, 3.8) is 0 Å². The number of hydrogen-bond acceptors (Lipinski definition) is 2. The fourth-order valence-corrected chi connectivity index (χ4v) is 1.59. The summed E-state index contributed by atoms with van der Waals surface area (Å²) in [6.07, 6.45) is 3.53. The van der Waals surface area contributed by atoms with Crippen LogP contribution in [0.25, 0.3) is 5.69 Å². The van der Waals surface area contributed by atoms with Crippen molar-refractivity contribution in [3.05, 3.63) is 47.5 Å². The summed E-state index contributed by atoms with van der Waals surface area (Å²) < 4.78 is 1.96. The molecule has 0 aliphatic rings. The van der Waals surface area contributed by atoms with Gasteiger partial charge in [-0.2, -0.15) is 0 Å². The Balaban J connectivity index is 2.45. The summed E-state index contributed by atoms with van der Waals surface area (Å²) in [4.78, 5) is 4.09. The first-order valence-electron chi connectivity index (χ1n) is 4.72. The van der Waals surface area contributed by atoms with Crippen LogP contribution >= 0.6 is 11.6 Å². The standard InChI is InChI=1S/C11H12ClN3/c1-8(13)11-6-14-7-15(11)10-4-2-9(12)3-5-10/h2-8H,13H2,1H3. The van der Waals surface area contributed by atoms with Gasteiger partial charge in [-0.15, -0.1) is 0 Å². The third kappa shape index (κ3) is 2.03. The highest BCUT2D eigenvalue weighted by atomic mass is 35.5. The molecule has 1 atom stereocenters. The highest BCUT2D eigenvalue weighted by Crippen LogP contribution is 2.17. The Bertz CT molecular complexity index is 445. The van der Waals surface area contributed by atoms with Gasteiger partial charge in [-0.25, -0.2) is 4.98 Å². The van der Waals surface area contributed by atoms with E-state index in [-0.39, 0.29) is 6.04 Å². The number of halogens is 1. The molecule has 3 nitrogen and oxygen atoms in total. The first-order chi connectivity index (χ1) is 7.18. The molecule has 0 amide bonds. The van der Waals surface area contributed by atoms with E-state index in [1.807, 2.05) is 35.8 Å². The van der Waals surface area contributed by atoms with Gasteiger partial charge in [-0.05, 0) is 31.2 Å². The molecule has 2 rings (SSSR count). The van der Waals surface area contributed by atoms with E-state index in [1.165, 1.54) is 0 Å². The summed E-state index contributed by atoms with van der Waals surface area (Å²) in [7, 11) is 0. The second-order valence-electron chi connectivity index (χ2n) is 3.45. The third-order valence-electron chi connectivity index (χ3n) is 2.24. The van der Waals surface area contributed by atoms with E-state index in [0.29, 0.717) is 0 Å². The molecule has 1 heterocycles. The second-order valence-corrected chi connectivity index (χ2v) is 3.89. The van der Waals surface area contributed by atoms with Crippen molar-refractivity contribution < 1.29 is 0 Å². The molecule has 1 aromatic carbocycles. The van der Waals surface area contributed by atoms with E-state index in [4.69, 9.17) is 17.3 Å². The number of benzene rings is 1. The van der Waals surface area contributed by atoms with Gasteiger partial charge in [0.15, 0.2) is 0 Å². The fraction of sp³-hybridized carbons (Fsp3) is 0.182. The van der Waals surface area contributed by atoms with Crippen LogP contribution in [0.15, 0.2) is 36.8 Å². The zero-order chi connectivity index (χ0) is 10.8. The first kappa shape index (κ1) is 10.2. The fourth-order valence-electron chi connectivity index (χ4n) is 1.46. The topological polar surface area (TPSA) is 43.8 Å². The predicted octanol–water partition coefficient (Wildman–Crippen LogP) is 2.55. The summed E-state index contributed by atoms with van der Waals surface area (Å²) in [6.45, 7) is 1.93. The lowest BCUT2D eigenvalue weighted by Crippen LogP contribution is -2.10. The van der Waals surface area contributed by atoms with Gasteiger partial charge >= 0.3 is 0 Å². The Morgan fingerprint density at radius 1 is 1.33 bits per heavy atom. The number of nitrogens with two attached hydrogens (primary N) is 1. The van der Waals surface area contributed by atoms with Gasteiger partial charge in [0.05, 0.1) is 18.2 Å². The number of imidazole rings is 1. The summed E-state index contributed by atoms with van der Waals surface area (Å²) in [6, 6.07) is 7.54. The van der Waals surface area contributed by atoms with Crippen LogP contribution in [-0.4, -0.2) is 9.55 Å². The van der Waals surface area contributed by atoms with Gasteiger partial charge in [0, 0.05) is 16.8 Å². The summed E-state index contributed by atoms with van der Waals surface area (Å²) in [5.74, 6) is 0. The second kappa shape index (κ2) is 4.04. The van der Waals surface area contributed by atoms with Crippen LogP contribution in [0.2, 0.25) is 5.02 Å². The van der Waals surface area contributed by atoms with Gasteiger partial charge in [0.25, 0.3) is 0 Å². The Kier molecular flexibility index (Phi) is 2.75. The molecule has 0 spiro atoms. The van der Waals surface area contributed by atoms with Crippen molar-refractivity contribution >= 4 is 11.6 Å². The van der Waals surface area contributed by atoms with Gasteiger partial charge in [-0.1, -0.05) is 11.6 Å². The highest BCUT2D eigenvalue weighted by Gasteiger charge is 2.07. The van der Waals surface area contributed by atoms with E-state index in [2.05, 4.69) is 4.98 Å². The number of hydrogen-bond donors (Lipinski definition) is 1. The number of aromatic nitrogens is 2. The van der Waals surface area contributed by atoms with E-state index >= 15 is 0 Å². The normalized spacial score (nSPS) is 12.7. The number of nitrogens with zero attached hydrogens (tertiary/aromatic N) is 2. The van der Waals surface area contributed by atoms with Crippen LogP contribution in [0.4, 0.5) is 0 Å². The maximum atomic E-state index is 5.84. The molecule has 1 aromatic heterocycles. The Hall–Kier alpha value is -1.32. The Labute approximate surface area is 93.5 Å². The zero-order valence-corrected chi connectivity index (χ0v) is 9.15. The smallest absolute Gasteiger partial charge is 0.0994 e. The maximum Gasteiger partial charge on any atom is 0.0994 e. The quantitative estimate of drug-likeness (QED) is 0.847. The van der Waals surface area contributed by atoms with Crippen LogP contribution in [0.5, 0.6) is 0 Å². The monoisotopic (exact) mass is 221 g/mol. The van der Waals surface area contributed by atoms with E-state index < -0.39 is 0 Å². The molecule has 0 aliphatic heterocycles. The van der Waals surface area contributed by atoms with Gasteiger partial charge in [-0.3, -0.25) is 0 Å². The molecule has 0 radical (unpaired) electrons. The Morgan fingerprint density at radius 2 is 2.00 bits per heavy atom. The Morgan fingerprint density at radius 3 is 2.60 bits per heavy atom. The third-order valence-corrected chi connectivity index (χ3v) is 2.49. The van der Waals surface area contributed by atoms with Crippen molar-refractivity contribution in [2.75, 3.05) is 0 Å². The average Bonchev–Trinajstić information content (AvgIpc) is 2.67. The molecule has 78 valence electrons. The lowest BCUT2D eigenvalue weighted by molar-refractivity contribution is 0.752. The molecule has 2 aromatic rings. The SMILES string of the molecule is CC(N)c1cncn1-c1ccc(Cl)cc1. The largest absolute Gasteiger partial charge is 0.323 e.